The number of rotatable bonds is 8. The van der Waals surface area contributed by atoms with E-state index in [-0.39, 0.29) is 5.71 Å². The number of aldehydes is 1. The molecule has 2 rings (SSSR count). The minimum atomic E-state index is -0.0932. The normalized spacial score (nSPS) is 11.1. The summed E-state index contributed by atoms with van der Waals surface area (Å²) in [4.78, 5) is 10.8. The first-order valence-corrected chi connectivity index (χ1v) is 7.99. The summed E-state index contributed by atoms with van der Waals surface area (Å²) < 4.78 is 10.3. The van der Waals surface area contributed by atoms with Crippen LogP contribution in [0.25, 0.3) is 0 Å². The van der Waals surface area contributed by atoms with Gasteiger partial charge in [-0.15, -0.1) is 0 Å². The number of quaternary nitrogens is 1. The van der Waals surface area contributed by atoms with Gasteiger partial charge < -0.3 is 9.47 Å². The summed E-state index contributed by atoms with van der Waals surface area (Å²) in [5.41, 5.74) is 2.53. The Bertz CT molecular complexity index is 786. The van der Waals surface area contributed by atoms with Gasteiger partial charge in [0.15, 0.2) is 12.0 Å². The first kappa shape index (κ1) is 18.7. The van der Waals surface area contributed by atoms with Gasteiger partial charge in [0, 0.05) is 24.6 Å². The number of halogens is 1. The molecule has 3 N–H and O–H groups in total. The van der Waals surface area contributed by atoms with Gasteiger partial charge in [-0.25, -0.2) is 0 Å². The van der Waals surface area contributed by atoms with Crippen molar-refractivity contribution in [3.63, 3.8) is 0 Å². The Labute approximate surface area is 151 Å². The zero-order valence-electron chi connectivity index (χ0n) is 14.1. The van der Waals surface area contributed by atoms with E-state index in [1.165, 1.54) is 6.08 Å². The smallest absolute Gasteiger partial charge is 0.167 e. The van der Waals surface area contributed by atoms with Gasteiger partial charge in [0.25, 0.3) is 0 Å². The minimum Gasteiger partial charge on any atom is -0.497 e. The number of allylic oxidation sites excluding steroid dienone is 2. The maximum absolute atomic E-state index is 10.8. The third-order valence-electron chi connectivity index (χ3n) is 3.58. The monoisotopic (exact) mass is 359 g/mol. The first-order valence-electron chi connectivity index (χ1n) is 7.61. The highest BCUT2D eigenvalue weighted by Crippen LogP contribution is 2.23. The summed E-state index contributed by atoms with van der Waals surface area (Å²) in [5, 5.41) is 10.0. The summed E-state index contributed by atoms with van der Waals surface area (Å²) in [6, 6.07) is 13.0. The Kier molecular flexibility index (Phi) is 6.74. The van der Waals surface area contributed by atoms with Crippen LogP contribution in [0.5, 0.6) is 11.5 Å². The second kappa shape index (κ2) is 9.01. The standard InChI is InChI=1S/C19H19ClN2O3/c1-24-16-5-3-13(4-6-16)9-15(10-14(21)12-23)22-19-8-7-17(25-2)11-18(19)20/h3-8,10-12,21-22H,9H2,1-2H3/p+1/b15-10-,21-14?. The molecule has 0 atom stereocenters. The summed E-state index contributed by atoms with van der Waals surface area (Å²) in [6.45, 7) is 0. The van der Waals surface area contributed by atoms with E-state index in [1.54, 1.807) is 20.3 Å². The zero-order chi connectivity index (χ0) is 18.2. The van der Waals surface area contributed by atoms with Gasteiger partial charge in [0.05, 0.1) is 19.9 Å². The van der Waals surface area contributed by atoms with E-state index in [1.807, 2.05) is 41.7 Å². The molecule has 0 saturated carbocycles. The van der Waals surface area contributed by atoms with Crippen molar-refractivity contribution in [2.45, 2.75) is 6.42 Å². The van der Waals surface area contributed by atoms with Crippen molar-refractivity contribution in [3.8, 4) is 11.5 Å². The van der Waals surface area contributed by atoms with E-state index in [2.05, 4.69) is 0 Å². The predicted molar refractivity (Wildman–Crippen MR) is 98.2 cm³/mol. The fourth-order valence-electron chi connectivity index (χ4n) is 2.31. The van der Waals surface area contributed by atoms with Crippen LogP contribution in [0.2, 0.25) is 5.02 Å². The van der Waals surface area contributed by atoms with Gasteiger partial charge in [0.2, 0.25) is 0 Å². The Morgan fingerprint density at radius 1 is 1.12 bits per heavy atom. The summed E-state index contributed by atoms with van der Waals surface area (Å²) in [5.74, 6) is 1.44. The second-order valence-corrected chi connectivity index (χ2v) is 5.76. The fourth-order valence-corrected chi connectivity index (χ4v) is 2.53. The molecule has 25 heavy (non-hydrogen) atoms. The molecule has 2 aromatic rings. The maximum atomic E-state index is 10.8. The van der Waals surface area contributed by atoms with Crippen LogP contribution in [0, 0.1) is 5.41 Å². The number of ether oxygens (including phenoxy) is 2. The molecule has 0 amide bonds. The molecule has 0 aliphatic heterocycles. The van der Waals surface area contributed by atoms with Gasteiger partial charge >= 0.3 is 0 Å². The number of nitrogens with one attached hydrogen (secondary N) is 1. The lowest BCUT2D eigenvalue weighted by atomic mass is 10.1. The Morgan fingerprint density at radius 3 is 2.32 bits per heavy atom. The largest absolute Gasteiger partial charge is 0.497 e. The van der Waals surface area contributed by atoms with Crippen LogP contribution in [-0.2, 0) is 11.2 Å². The molecular weight excluding hydrogens is 340 g/mol. The third kappa shape index (κ3) is 5.45. The molecule has 0 aliphatic carbocycles. The number of methoxy groups -OCH3 is 2. The number of hydrogen-bond acceptors (Lipinski definition) is 4. The number of carbonyl (C=O) groups excluding carboxylic acids is 1. The molecule has 0 heterocycles. The third-order valence-corrected chi connectivity index (χ3v) is 3.91. The molecular formula is C19H20ClN2O3+. The lowest BCUT2D eigenvalue weighted by Gasteiger charge is -2.09. The van der Waals surface area contributed by atoms with Crippen molar-refractivity contribution in [1.29, 1.82) is 5.41 Å². The molecule has 0 bridgehead atoms. The average Bonchev–Trinajstić information content (AvgIpc) is 2.63. The van der Waals surface area contributed by atoms with Gasteiger partial charge in [-0.05, 0) is 23.8 Å². The average molecular weight is 360 g/mol. The van der Waals surface area contributed by atoms with E-state index in [4.69, 9.17) is 26.5 Å². The van der Waals surface area contributed by atoms with Crippen molar-refractivity contribution in [1.82, 2.24) is 0 Å². The van der Waals surface area contributed by atoms with Crippen LogP contribution in [0.4, 0.5) is 5.69 Å². The van der Waals surface area contributed by atoms with Crippen LogP contribution in [-0.4, -0.2) is 26.2 Å². The molecule has 0 aliphatic rings. The molecule has 0 radical (unpaired) electrons. The fraction of sp³-hybridized carbons (Fsp3) is 0.158. The van der Waals surface area contributed by atoms with Crippen molar-refractivity contribution >= 4 is 29.3 Å². The van der Waals surface area contributed by atoms with Crippen molar-refractivity contribution in [2.24, 2.45) is 0 Å². The van der Waals surface area contributed by atoms with Crippen LogP contribution >= 0.6 is 11.6 Å². The van der Waals surface area contributed by atoms with Gasteiger partial charge in [0.1, 0.15) is 22.2 Å². The van der Waals surface area contributed by atoms with Crippen molar-refractivity contribution in [2.75, 3.05) is 14.2 Å². The Hall–Kier alpha value is -2.63. The van der Waals surface area contributed by atoms with E-state index in [0.29, 0.717) is 23.5 Å². The van der Waals surface area contributed by atoms with Gasteiger partial charge in [-0.1, -0.05) is 23.7 Å². The van der Waals surface area contributed by atoms with Crippen LogP contribution in [0.3, 0.4) is 0 Å². The predicted octanol–water partition coefficient (Wildman–Crippen LogP) is 2.90. The topological polar surface area (TPSA) is 76.0 Å². The van der Waals surface area contributed by atoms with E-state index in [9.17, 15) is 4.79 Å². The lowest BCUT2D eigenvalue weighted by Crippen LogP contribution is -2.76. The first-order chi connectivity index (χ1) is 12.0. The number of benzene rings is 2. The molecule has 0 unspecified atom stereocenters. The molecule has 0 saturated heterocycles. The van der Waals surface area contributed by atoms with Crippen LogP contribution in [0.15, 0.2) is 54.2 Å². The quantitative estimate of drug-likeness (QED) is 0.432. The second-order valence-electron chi connectivity index (χ2n) is 5.35. The molecule has 0 fully saturated rings. The number of nitrogens with two attached hydrogens (primary N) is 1. The van der Waals surface area contributed by atoms with E-state index in [0.717, 1.165) is 22.7 Å². The maximum Gasteiger partial charge on any atom is 0.167 e. The Balaban J connectivity index is 2.25. The molecule has 2 aromatic carbocycles. The molecule has 6 heteroatoms. The molecule has 5 nitrogen and oxygen atoms in total. The molecule has 0 aromatic heterocycles. The zero-order valence-corrected chi connectivity index (χ0v) is 14.8. The van der Waals surface area contributed by atoms with Crippen LogP contribution in [0.1, 0.15) is 5.56 Å². The van der Waals surface area contributed by atoms with Gasteiger partial charge in [-0.2, -0.15) is 0 Å². The van der Waals surface area contributed by atoms with Crippen LogP contribution < -0.4 is 14.8 Å². The highest BCUT2D eigenvalue weighted by molar-refractivity contribution is 6.33. The summed E-state index contributed by atoms with van der Waals surface area (Å²) >= 11 is 6.29. The van der Waals surface area contributed by atoms with Gasteiger partial charge in [-0.3, -0.25) is 15.5 Å². The minimum absolute atomic E-state index is 0.0932. The summed E-state index contributed by atoms with van der Waals surface area (Å²) in [6.07, 6.45) is 2.61. The molecule has 130 valence electrons. The summed E-state index contributed by atoms with van der Waals surface area (Å²) in [7, 11) is 3.20. The van der Waals surface area contributed by atoms with E-state index < -0.39 is 0 Å². The number of carbonyl (C=O) groups is 1. The van der Waals surface area contributed by atoms with E-state index >= 15 is 0 Å². The lowest BCUT2D eigenvalue weighted by molar-refractivity contribution is -0.519. The highest BCUT2D eigenvalue weighted by atomic mass is 35.5. The SMILES string of the molecule is COc1ccc(C/C(=C/C(=N)C=O)[NH2+]c2ccc(OC)cc2Cl)cc1. The van der Waals surface area contributed by atoms with Crippen molar-refractivity contribution in [3.05, 3.63) is 64.8 Å². The highest BCUT2D eigenvalue weighted by Gasteiger charge is 2.12. The van der Waals surface area contributed by atoms with Crippen molar-refractivity contribution < 1.29 is 19.6 Å². The Morgan fingerprint density at radius 2 is 1.76 bits per heavy atom. The molecule has 0 spiro atoms. The number of hydrogen-bond donors (Lipinski definition) is 2.